The molecular formula is C19H20N4O4S. The topological polar surface area (TPSA) is 92.3 Å². The fourth-order valence-electron chi connectivity index (χ4n) is 2.69. The molecule has 0 aliphatic rings. The van der Waals surface area contributed by atoms with Crippen LogP contribution in [0.25, 0.3) is 11.4 Å². The molecule has 0 saturated heterocycles. The van der Waals surface area contributed by atoms with E-state index in [1.807, 2.05) is 35.8 Å². The molecule has 8 nitrogen and oxygen atoms in total. The van der Waals surface area contributed by atoms with E-state index in [0.29, 0.717) is 24.7 Å². The van der Waals surface area contributed by atoms with Gasteiger partial charge in [-0.05, 0) is 25.1 Å². The number of benzene rings is 2. The van der Waals surface area contributed by atoms with Crippen molar-refractivity contribution in [2.75, 3.05) is 19.5 Å². The van der Waals surface area contributed by atoms with Crippen molar-refractivity contribution >= 4 is 17.4 Å². The highest BCUT2D eigenvalue weighted by molar-refractivity contribution is 7.99. The SMILES string of the molecule is CCn1c(SCCOc2cccc([N+](=O)[O-])c2)nnc1-c1ccccc1OC. The molecule has 0 N–H and O–H groups in total. The zero-order valence-electron chi connectivity index (χ0n) is 15.6. The second-order valence-corrected chi connectivity index (χ2v) is 6.76. The molecule has 0 amide bonds. The molecule has 3 aromatic rings. The summed E-state index contributed by atoms with van der Waals surface area (Å²) in [5, 5.41) is 20.2. The lowest BCUT2D eigenvalue weighted by atomic mass is 10.2. The van der Waals surface area contributed by atoms with Gasteiger partial charge < -0.3 is 14.0 Å². The number of para-hydroxylation sites is 1. The van der Waals surface area contributed by atoms with Crippen LogP contribution in [0.3, 0.4) is 0 Å². The molecule has 0 radical (unpaired) electrons. The first-order valence-corrected chi connectivity index (χ1v) is 9.69. The van der Waals surface area contributed by atoms with Gasteiger partial charge in [0.05, 0.1) is 30.3 Å². The van der Waals surface area contributed by atoms with Gasteiger partial charge in [0.25, 0.3) is 5.69 Å². The van der Waals surface area contributed by atoms with Gasteiger partial charge in [0, 0.05) is 18.4 Å². The highest BCUT2D eigenvalue weighted by Crippen LogP contribution is 2.30. The molecule has 1 aromatic heterocycles. The minimum absolute atomic E-state index is 0.0114. The second kappa shape index (κ2) is 9.23. The molecule has 2 aromatic carbocycles. The summed E-state index contributed by atoms with van der Waals surface area (Å²) < 4.78 is 13.1. The van der Waals surface area contributed by atoms with Gasteiger partial charge in [0.2, 0.25) is 0 Å². The molecule has 0 unspecified atom stereocenters. The molecule has 0 atom stereocenters. The van der Waals surface area contributed by atoms with E-state index >= 15 is 0 Å². The molecule has 0 aliphatic heterocycles. The van der Waals surface area contributed by atoms with Crippen molar-refractivity contribution < 1.29 is 14.4 Å². The number of ether oxygens (including phenoxy) is 2. The summed E-state index contributed by atoms with van der Waals surface area (Å²) >= 11 is 1.52. The van der Waals surface area contributed by atoms with Crippen LogP contribution in [0.5, 0.6) is 11.5 Å². The van der Waals surface area contributed by atoms with Crippen LogP contribution in [-0.4, -0.2) is 39.2 Å². The van der Waals surface area contributed by atoms with Crippen molar-refractivity contribution in [1.82, 2.24) is 14.8 Å². The Kier molecular flexibility index (Phi) is 6.49. The van der Waals surface area contributed by atoms with Gasteiger partial charge >= 0.3 is 0 Å². The summed E-state index contributed by atoms with van der Waals surface area (Å²) in [5.41, 5.74) is 0.899. The van der Waals surface area contributed by atoms with E-state index in [-0.39, 0.29) is 5.69 Å². The van der Waals surface area contributed by atoms with Gasteiger partial charge in [0.1, 0.15) is 11.5 Å². The van der Waals surface area contributed by atoms with Gasteiger partial charge in [0.15, 0.2) is 11.0 Å². The standard InChI is InChI=1S/C19H20N4O4S/c1-3-22-18(16-9-4-5-10-17(16)26-2)20-21-19(22)28-12-11-27-15-8-6-7-14(13-15)23(24)25/h4-10,13H,3,11-12H2,1-2H3. The Morgan fingerprint density at radius 3 is 2.75 bits per heavy atom. The zero-order valence-corrected chi connectivity index (χ0v) is 16.4. The Labute approximate surface area is 166 Å². The van der Waals surface area contributed by atoms with E-state index in [0.717, 1.165) is 22.3 Å². The maximum absolute atomic E-state index is 10.8. The normalized spacial score (nSPS) is 10.6. The third-order valence-electron chi connectivity index (χ3n) is 3.99. The smallest absolute Gasteiger partial charge is 0.273 e. The quantitative estimate of drug-likeness (QED) is 0.231. The minimum Gasteiger partial charge on any atom is -0.496 e. The molecule has 0 fully saturated rings. The number of rotatable bonds is 9. The molecule has 0 bridgehead atoms. The molecule has 146 valence electrons. The largest absolute Gasteiger partial charge is 0.496 e. The third kappa shape index (κ3) is 4.42. The Morgan fingerprint density at radius 2 is 2.00 bits per heavy atom. The van der Waals surface area contributed by atoms with Crippen LogP contribution in [0.15, 0.2) is 53.7 Å². The van der Waals surface area contributed by atoms with Crippen LogP contribution in [0.2, 0.25) is 0 Å². The molecule has 0 aliphatic carbocycles. The predicted molar refractivity (Wildman–Crippen MR) is 107 cm³/mol. The number of nitrogens with zero attached hydrogens (tertiary/aromatic N) is 4. The van der Waals surface area contributed by atoms with Crippen LogP contribution in [0.1, 0.15) is 6.92 Å². The maximum atomic E-state index is 10.8. The van der Waals surface area contributed by atoms with Gasteiger partial charge in [-0.1, -0.05) is 30.0 Å². The van der Waals surface area contributed by atoms with E-state index in [9.17, 15) is 10.1 Å². The molecule has 0 saturated carbocycles. The summed E-state index contributed by atoms with van der Waals surface area (Å²) in [6.45, 7) is 3.15. The van der Waals surface area contributed by atoms with Gasteiger partial charge in [-0.25, -0.2) is 0 Å². The monoisotopic (exact) mass is 400 g/mol. The van der Waals surface area contributed by atoms with Crippen LogP contribution >= 0.6 is 11.8 Å². The predicted octanol–water partition coefficient (Wildman–Crippen LogP) is 4.05. The van der Waals surface area contributed by atoms with Crippen molar-refractivity contribution in [2.24, 2.45) is 0 Å². The second-order valence-electron chi connectivity index (χ2n) is 5.70. The summed E-state index contributed by atoms with van der Waals surface area (Å²) in [6, 6.07) is 13.9. The fourth-order valence-corrected chi connectivity index (χ4v) is 3.51. The maximum Gasteiger partial charge on any atom is 0.273 e. The average Bonchev–Trinajstić information content (AvgIpc) is 3.14. The minimum atomic E-state index is -0.440. The number of methoxy groups -OCH3 is 1. The van der Waals surface area contributed by atoms with E-state index in [1.54, 1.807) is 19.2 Å². The van der Waals surface area contributed by atoms with Crippen LogP contribution < -0.4 is 9.47 Å². The first kappa shape index (κ1) is 19.7. The van der Waals surface area contributed by atoms with Crippen LogP contribution in [0.4, 0.5) is 5.69 Å². The highest BCUT2D eigenvalue weighted by atomic mass is 32.2. The van der Waals surface area contributed by atoms with Gasteiger partial charge in [-0.15, -0.1) is 10.2 Å². The molecule has 28 heavy (non-hydrogen) atoms. The lowest BCUT2D eigenvalue weighted by Crippen LogP contribution is -2.04. The fraction of sp³-hybridized carbons (Fsp3) is 0.263. The number of non-ortho nitro benzene ring substituents is 1. The summed E-state index contributed by atoms with van der Waals surface area (Å²) in [7, 11) is 1.63. The number of nitro groups is 1. The Bertz CT molecular complexity index is 961. The summed E-state index contributed by atoms with van der Waals surface area (Å²) in [4.78, 5) is 10.4. The lowest BCUT2D eigenvalue weighted by molar-refractivity contribution is -0.384. The number of nitro benzene ring substituents is 1. The van der Waals surface area contributed by atoms with E-state index in [1.165, 1.54) is 23.9 Å². The zero-order chi connectivity index (χ0) is 19.9. The number of thioether (sulfide) groups is 1. The first-order chi connectivity index (χ1) is 13.6. The highest BCUT2D eigenvalue weighted by Gasteiger charge is 2.16. The lowest BCUT2D eigenvalue weighted by Gasteiger charge is -2.10. The Morgan fingerprint density at radius 1 is 1.18 bits per heavy atom. The van der Waals surface area contributed by atoms with E-state index in [4.69, 9.17) is 9.47 Å². The average molecular weight is 400 g/mol. The van der Waals surface area contributed by atoms with Crippen LogP contribution in [0, 0.1) is 10.1 Å². The molecule has 3 rings (SSSR count). The van der Waals surface area contributed by atoms with Crippen molar-refractivity contribution in [2.45, 2.75) is 18.6 Å². The Hall–Kier alpha value is -3.07. The first-order valence-electron chi connectivity index (χ1n) is 8.70. The third-order valence-corrected chi connectivity index (χ3v) is 4.92. The van der Waals surface area contributed by atoms with Crippen molar-refractivity contribution in [1.29, 1.82) is 0 Å². The molecule has 0 spiro atoms. The van der Waals surface area contributed by atoms with E-state index in [2.05, 4.69) is 10.2 Å². The number of hydrogen-bond acceptors (Lipinski definition) is 7. The van der Waals surface area contributed by atoms with Crippen molar-refractivity contribution in [3.8, 4) is 22.9 Å². The van der Waals surface area contributed by atoms with Crippen molar-refractivity contribution in [3.63, 3.8) is 0 Å². The van der Waals surface area contributed by atoms with Gasteiger partial charge in [-0.3, -0.25) is 10.1 Å². The van der Waals surface area contributed by atoms with Gasteiger partial charge in [-0.2, -0.15) is 0 Å². The summed E-state index contributed by atoms with van der Waals surface area (Å²) in [5.74, 6) is 2.60. The number of aromatic nitrogens is 3. The van der Waals surface area contributed by atoms with Crippen LogP contribution in [-0.2, 0) is 6.54 Å². The van der Waals surface area contributed by atoms with E-state index < -0.39 is 4.92 Å². The van der Waals surface area contributed by atoms with Crippen molar-refractivity contribution in [3.05, 3.63) is 58.6 Å². The summed E-state index contributed by atoms with van der Waals surface area (Å²) in [6.07, 6.45) is 0. The molecule has 9 heteroatoms. The molecular weight excluding hydrogens is 380 g/mol. The molecule has 1 heterocycles. The number of hydrogen-bond donors (Lipinski definition) is 0. The Balaban J connectivity index is 1.65.